The Balaban J connectivity index is 1.77. The maximum atomic E-state index is 6.59. The van der Waals surface area contributed by atoms with E-state index < -0.39 is 8.32 Å². The Morgan fingerprint density at radius 2 is 1.68 bits per heavy atom. The lowest BCUT2D eigenvalue weighted by Crippen LogP contribution is -2.44. The van der Waals surface area contributed by atoms with E-state index in [4.69, 9.17) is 14.1 Å². The zero-order valence-electron chi connectivity index (χ0n) is 17.9. The molecule has 0 fully saturated rings. The van der Waals surface area contributed by atoms with Crippen LogP contribution >= 0.6 is 0 Å². The molecule has 0 amide bonds. The van der Waals surface area contributed by atoms with Gasteiger partial charge in [0.1, 0.15) is 11.5 Å². The van der Waals surface area contributed by atoms with Crippen LogP contribution in [0, 0.1) is 0 Å². The number of methoxy groups -OCH3 is 1. The lowest BCUT2D eigenvalue weighted by Gasteiger charge is -2.37. The molecular formula is C24H31NO2Si. The van der Waals surface area contributed by atoms with Crippen LogP contribution in [0.25, 0.3) is 10.9 Å². The summed E-state index contributed by atoms with van der Waals surface area (Å²) in [6, 6.07) is 18.7. The molecule has 3 nitrogen and oxygen atoms in total. The normalized spacial score (nSPS) is 12.2. The molecule has 0 atom stereocenters. The van der Waals surface area contributed by atoms with Gasteiger partial charge in [-0.1, -0.05) is 45.0 Å². The van der Waals surface area contributed by atoms with E-state index in [9.17, 15) is 0 Å². The molecule has 0 bridgehead atoms. The second-order valence-electron chi connectivity index (χ2n) is 8.83. The van der Waals surface area contributed by atoms with Gasteiger partial charge in [-0.15, -0.1) is 0 Å². The summed E-state index contributed by atoms with van der Waals surface area (Å²) in [5.41, 5.74) is 3.35. The zero-order valence-corrected chi connectivity index (χ0v) is 18.9. The number of aromatic nitrogens is 1. The van der Waals surface area contributed by atoms with Crippen LogP contribution < -0.4 is 9.16 Å². The first-order valence-electron chi connectivity index (χ1n) is 9.90. The van der Waals surface area contributed by atoms with Gasteiger partial charge in [0.25, 0.3) is 0 Å². The number of aryl methyl sites for hydroxylation is 2. The third-order valence-electron chi connectivity index (χ3n) is 5.75. The van der Waals surface area contributed by atoms with Crippen molar-refractivity contribution in [3.8, 4) is 11.5 Å². The van der Waals surface area contributed by atoms with Gasteiger partial charge in [0, 0.05) is 11.1 Å². The Morgan fingerprint density at radius 3 is 2.39 bits per heavy atom. The molecule has 0 aliphatic rings. The van der Waals surface area contributed by atoms with Gasteiger partial charge in [0.2, 0.25) is 8.32 Å². The maximum absolute atomic E-state index is 6.59. The van der Waals surface area contributed by atoms with E-state index in [1.165, 1.54) is 5.56 Å². The molecule has 148 valence electrons. The minimum atomic E-state index is -1.86. The van der Waals surface area contributed by atoms with Crippen molar-refractivity contribution in [2.24, 2.45) is 0 Å². The van der Waals surface area contributed by atoms with Crippen molar-refractivity contribution in [3.63, 3.8) is 0 Å². The number of para-hydroxylation sites is 1. The standard InChI is InChI=1S/C24H31NO2Si/c1-24(2,3)28(5,6)27-23-10-8-7-9-18(23)11-13-20-14-12-19-17-21(26-4)15-16-22(19)25-20/h7-10,12,14-17H,11,13H2,1-6H3. The summed E-state index contributed by atoms with van der Waals surface area (Å²) in [6.45, 7) is 11.4. The van der Waals surface area contributed by atoms with E-state index in [0.29, 0.717) is 0 Å². The van der Waals surface area contributed by atoms with E-state index in [1.807, 2.05) is 18.2 Å². The summed E-state index contributed by atoms with van der Waals surface area (Å²) in [4.78, 5) is 4.82. The van der Waals surface area contributed by atoms with Crippen LogP contribution in [-0.4, -0.2) is 20.4 Å². The molecule has 0 saturated carbocycles. The van der Waals surface area contributed by atoms with Crippen LogP contribution in [-0.2, 0) is 12.8 Å². The minimum absolute atomic E-state index is 0.182. The molecule has 0 N–H and O–H groups in total. The Labute approximate surface area is 169 Å². The summed E-state index contributed by atoms with van der Waals surface area (Å²) in [5.74, 6) is 1.89. The topological polar surface area (TPSA) is 31.4 Å². The maximum Gasteiger partial charge on any atom is 0.250 e. The predicted octanol–water partition coefficient (Wildman–Crippen LogP) is 6.41. The second-order valence-corrected chi connectivity index (χ2v) is 13.6. The van der Waals surface area contributed by atoms with Crippen LogP contribution in [0.4, 0.5) is 0 Å². The van der Waals surface area contributed by atoms with Gasteiger partial charge < -0.3 is 9.16 Å². The molecule has 0 unspecified atom stereocenters. The third kappa shape index (κ3) is 4.56. The highest BCUT2D eigenvalue weighted by molar-refractivity contribution is 6.74. The van der Waals surface area contributed by atoms with Crippen molar-refractivity contribution in [2.75, 3.05) is 7.11 Å². The van der Waals surface area contributed by atoms with Gasteiger partial charge in [0.05, 0.1) is 12.6 Å². The Hall–Kier alpha value is -2.33. The average molecular weight is 394 g/mol. The highest BCUT2D eigenvalue weighted by atomic mass is 28.4. The number of pyridine rings is 1. The first kappa shape index (κ1) is 20.4. The quantitative estimate of drug-likeness (QED) is 0.453. The van der Waals surface area contributed by atoms with Crippen LogP contribution in [0.1, 0.15) is 32.0 Å². The molecular weight excluding hydrogens is 362 g/mol. The molecule has 3 aromatic rings. The molecule has 0 aliphatic heterocycles. The van der Waals surface area contributed by atoms with Crippen LogP contribution in [0.15, 0.2) is 54.6 Å². The first-order valence-corrected chi connectivity index (χ1v) is 12.8. The van der Waals surface area contributed by atoms with Gasteiger partial charge in [-0.05, 0) is 66.9 Å². The van der Waals surface area contributed by atoms with E-state index >= 15 is 0 Å². The Morgan fingerprint density at radius 1 is 0.929 bits per heavy atom. The van der Waals surface area contributed by atoms with Crippen molar-refractivity contribution < 1.29 is 9.16 Å². The van der Waals surface area contributed by atoms with Crippen molar-refractivity contribution in [3.05, 3.63) is 65.9 Å². The van der Waals surface area contributed by atoms with Gasteiger partial charge >= 0.3 is 0 Å². The van der Waals surface area contributed by atoms with Crippen molar-refractivity contribution in [2.45, 2.75) is 51.7 Å². The fourth-order valence-corrected chi connectivity index (χ4v) is 3.97. The van der Waals surface area contributed by atoms with Gasteiger partial charge in [-0.25, -0.2) is 0 Å². The first-order chi connectivity index (χ1) is 13.2. The second kappa shape index (κ2) is 7.96. The minimum Gasteiger partial charge on any atom is -0.543 e. The largest absolute Gasteiger partial charge is 0.543 e. The molecule has 1 aromatic heterocycles. The number of fused-ring (bicyclic) bond motifs is 1. The Bertz CT molecular complexity index is 960. The molecule has 0 radical (unpaired) electrons. The molecule has 0 spiro atoms. The van der Waals surface area contributed by atoms with E-state index in [0.717, 1.165) is 40.9 Å². The smallest absolute Gasteiger partial charge is 0.250 e. The number of hydrogen-bond acceptors (Lipinski definition) is 3. The molecule has 1 heterocycles. The molecule has 3 rings (SSSR count). The molecule has 28 heavy (non-hydrogen) atoms. The molecule has 2 aromatic carbocycles. The van der Waals surface area contributed by atoms with Gasteiger partial charge in [0.15, 0.2) is 0 Å². The predicted molar refractivity (Wildman–Crippen MR) is 120 cm³/mol. The zero-order chi connectivity index (χ0) is 20.4. The molecule has 0 saturated heterocycles. The number of ether oxygens (including phenoxy) is 1. The van der Waals surface area contributed by atoms with E-state index in [2.05, 4.69) is 70.3 Å². The summed E-state index contributed by atoms with van der Waals surface area (Å²) < 4.78 is 11.9. The highest BCUT2D eigenvalue weighted by Crippen LogP contribution is 2.38. The monoisotopic (exact) mass is 393 g/mol. The number of rotatable bonds is 6. The van der Waals surface area contributed by atoms with Crippen molar-refractivity contribution in [1.29, 1.82) is 0 Å². The number of hydrogen-bond donors (Lipinski definition) is 0. The third-order valence-corrected chi connectivity index (χ3v) is 10.1. The lowest BCUT2D eigenvalue weighted by atomic mass is 10.1. The van der Waals surface area contributed by atoms with E-state index in [-0.39, 0.29) is 5.04 Å². The number of nitrogens with zero attached hydrogens (tertiary/aromatic N) is 1. The number of benzene rings is 2. The molecule has 4 heteroatoms. The van der Waals surface area contributed by atoms with Gasteiger partial charge in [-0.2, -0.15) is 0 Å². The lowest BCUT2D eigenvalue weighted by molar-refractivity contribution is 0.415. The van der Waals surface area contributed by atoms with Gasteiger partial charge in [-0.3, -0.25) is 4.98 Å². The summed E-state index contributed by atoms with van der Waals surface area (Å²) >= 11 is 0. The fourth-order valence-electron chi connectivity index (χ4n) is 2.91. The van der Waals surface area contributed by atoms with Crippen LogP contribution in [0.5, 0.6) is 11.5 Å². The molecule has 0 aliphatic carbocycles. The SMILES string of the molecule is COc1ccc2nc(CCc3ccccc3O[Si](C)(C)C(C)(C)C)ccc2c1. The fraction of sp³-hybridized carbons (Fsp3) is 0.375. The summed E-state index contributed by atoms with van der Waals surface area (Å²) in [5, 5.41) is 1.28. The van der Waals surface area contributed by atoms with E-state index in [1.54, 1.807) is 7.11 Å². The summed E-state index contributed by atoms with van der Waals surface area (Å²) in [7, 11) is -0.171. The highest BCUT2D eigenvalue weighted by Gasteiger charge is 2.39. The van der Waals surface area contributed by atoms with Crippen LogP contribution in [0.3, 0.4) is 0 Å². The Kier molecular flexibility index (Phi) is 5.80. The van der Waals surface area contributed by atoms with Crippen LogP contribution in [0.2, 0.25) is 18.1 Å². The van der Waals surface area contributed by atoms with Crippen molar-refractivity contribution >= 4 is 19.2 Å². The average Bonchev–Trinajstić information content (AvgIpc) is 2.65. The van der Waals surface area contributed by atoms with Crippen molar-refractivity contribution in [1.82, 2.24) is 4.98 Å². The summed E-state index contributed by atoms with van der Waals surface area (Å²) in [6.07, 6.45) is 1.80.